The van der Waals surface area contributed by atoms with Crippen LogP contribution in [-0.2, 0) is 19.7 Å². The minimum Gasteiger partial charge on any atom is -0.455 e. The Bertz CT molecular complexity index is 604. The Morgan fingerprint density at radius 1 is 1.04 bits per heavy atom. The highest BCUT2D eigenvalue weighted by Gasteiger charge is 2.46. The van der Waals surface area contributed by atoms with Gasteiger partial charge in [-0.1, -0.05) is 31.0 Å². The van der Waals surface area contributed by atoms with Gasteiger partial charge in [-0.3, -0.25) is 9.59 Å². The summed E-state index contributed by atoms with van der Waals surface area (Å²) in [5.41, 5.74) is -0.536. The van der Waals surface area contributed by atoms with Crippen molar-refractivity contribution in [3.05, 3.63) is 35.6 Å². The molecule has 0 unspecified atom stereocenters. The van der Waals surface area contributed by atoms with E-state index in [1.807, 2.05) is 0 Å². The average molecular weight is 333 g/mol. The first kappa shape index (κ1) is 16.9. The molecular formula is C19H24FNO3. The first-order valence-electron chi connectivity index (χ1n) is 8.83. The minimum absolute atomic E-state index is 0.148. The lowest BCUT2D eigenvalue weighted by Gasteiger charge is -2.29. The molecule has 3 rings (SSSR count). The highest BCUT2D eigenvalue weighted by molar-refractivity contribution is 5.86. The number of likely N-dealkylation sites (tertiary alicyclic amines) is 1. The standard InChI is InChI=1S/C19H24FNO3/c20-16-9-3-2-8-15(16)19(10-4-5-11-19)18(23)24-14-17(22)21-12-6-1-7-13-21/h2-3,8-9H,1,4-7,10-14H2. The van der Waals surface area contributed by atoms with E-state index in [-0.39, 0.29) is 18.3 Å². The van der Waals surface area contributed by atoms with E-state index in [9.17, 15) is 14.0 Å². The summed E-state index contributed by atoms with van der Waals surface area (Å²) in [4.78, 5) is 26.7. The fraction of sp³-hybridized carbons (Fsp3) is 0.579. The van der Waals surface area contributed by atoms with E-state index in [0.717, 1.165) is 45.2 Å². The molecule has 1 aliphatic heterocycles. The molecule has 1 aromatic rings. The largest absolute Gasteiger partial charge is 0.455 e. The van der Waals surface area contributed by atoms with Crippen molar-refractivity contribution in [3.63, 3.8) is 0 Å². The molecule has 5 heteroatoms. The Balaban J connectivity index is 1.69. The number of ether oxygens (including phenoxy) is 1. The normalized spacial score (nSPS) is 20.0. The lowest BCUT2D eigenvalue weighted by molar-refractivity contribution is -0.157. The van der Waals surface area contributed by atoms with Gasteiger partial charge >= 0.3 is 5.97 Å². The second-order valence-corrected chi connectivity index (χ2v) is 6.79. The number of halogens is 1. The van der Waals surface area contributed by atoms with Crippen LogP contribution in [-0.4, -0.2) is 36.5 Å². The average Bonchev–Trinajstić information content (AvgIpc) is 3.11. The Labute approximate surface area is 142 Å². The third-order valence-electron chi connectivity index (χ3n) is 5.27. The van der Waals surface area contributed by atoms with Crippen LogP contribution in [0.25, 0.3) is 0 Å². The van der Waals surface area contributed by atoms with Crippen molar-refractivity contribution in [2.24, 2.45) is 0 Å². The molecule has 1 heterocycles. The number of carbonyl (C=O) groups excluding carboxylic acids is 2. The summed E-state index contributed by atoms with van der Waals surface area (Å²) in [7, 11) is 0. The number of esters is 1. The van der Waals surface area contributed by atoms with Gasteiger partial charge in [0.25, 0.3) is 5.91 Å². The summed E-state index contributed by atoms with van der Waals surface area (Å²) in [6.07, 6.45) is 6.01. The number of amides is 1. The van der Waals surface area contributed by atoms with E-state index >= 15 is 0 Å². The molecule has 1 aliphatic carbocycles. The summed E-state index contributed by atoms with van der Waals surface area (Å²) < 4.78 is 19.6. The monoisotopic (exact) mass is 333 g/mol. The quantitative estimate of drug-likeness (QED) is 0.795. The third kappa shape index (κ3) is 3.30. The summed E-state index contributed by atoms with van der Waals surface area (Å²) in [6, 6.07) is 6.40. The van der Waals surface area contributed by atoms with Crippen molar-refractivity contribution in [1.29, 1.82) is 0 Å². The van der Waals surface area contributed by atoms with E-state index in [2.05, 4.69) is 0 Å². The molecule has 0 aromatic heterocycles. The van der Waals surface area contributed by atoms with Crippen LogP contribution in [0.3, 0.4) is 0 Å². The lowest BCUT2D eigenvalue weighted by Crippen LogP contribution is -2.41. The van der Waals surface area contributed by atoms with Gasteiger partial charge in [-0.15, -0.1) is 0 Å². The van der Waals surface area contributed by atoms with Gasteiger partial charge in [-0.2, -0.15) is 0 Å². The molecule has 1 aromatic carbocycles. The highest BCUT2D eigenvalue weighted by atomic mass is 19.1. The Morgan fingerprint density at radius 3 is 2.38 bits per heavy atom. The molecule has 2 aliphatic rings. The molecule has 0 spiro atoms. The van der Waals surface area contributed by atoms with Crippen LogP contribution in [0.5, 0.6) is 0 Å². The van der Waals surface area contributed by atoms with E-state index in [1.54, 1.807) is 23.1 Å². The predicted molar refractivity (Wildman–Crippen MR) is 87.9 cm³/mol. The first-order chi connectivity index (χ1) is 11.6. The molecule has 0 radical (unpaired) electrons. The SMILES string of the molecule is O=C(COC(=O)C1(c2ccccc2F)CCCC1)N1CCCCC1. The van der Waals surface area contributed by atoms with Crippen LogP contribution in [0, 0.1) is 5.82 Å². The van der Waals surface area contributed by atoms with Gasteiger partial charge in [0.2, 0.25) is 0 Å². The van der Waals surface area contributed by atoms with Gasteiger partial charge in [0.15, 0.2) is 6.61 Å². The number of benzene rings is 1. The van der Waals surface area contributed by atoms with Crippen molar-refractivity contribution >= 4 is 11.9 Å². The molecule has 130 valence electrons. The van der Waals surface area contributed by atoms with Crippen molar-refractivity contribution in [1.82, 2.24) is 4.90 Å². The van der Waals surface area contributed by atoms with Gasteiger partial charge in [0.05, 0.1) is 5.41 Å². The molecule has 0 N–H and O–H groups in total. The summed E-state index contributed by atoms with van der Waals surface area (Å²) in [5.74, 6) is -0.987. The minimum atomic E-state index is -0.937. The number of piperidine rings is 1. The maximum atomic E-state index is 14.3. The van der Waals surface area contributed by atoms with Crippen molar-refractivity contribution in [3.8, 4) is 0 Å². The van der Waals surface area contributed by atoms with Crippen LogP contribution >= 0.6 is 0 Å². The van der Waals surface area contributed by atoms with Crippen molar-refractivity contribution in [2.75, 3.05) is 19.7 Å². The molecule has 1 saturated carbocycles. The smallest absolute Gasteiger partial charge is 0.317 e. The maximum Gasteiger partial charge on any atom is 0.317 e. The van der Waals surface area contributed by atoms with Crippen LogP contribution in [0.15, 0.2) is 24.3 Å². The van der Waals surface area contributed by atoms with E-state index in [4.69, 9.17) is 4.74 Å². The zero-order chi connectivity index (χ0) is 17.0. The van der Waals surface area contributed by atoms with Gasteiger partial charge in [-0.05, 0) is 38.2 Å². The van der Waals surface area contributed by atoms with Gasteiger partial charge in [0, 0.05) is 18.7 Å². The van der Waals surface area contributed by atoms with Crippen LogP contribution in [0.1, 0.15) is 50.5 Å². The number of hydrogen-bond acceptors (Lipinski definition) is 3. The number of nitrogens with zero attached hydrogens (tertiary/aromatic N) is 1. The Hall–Kier alpha value is -1.91. The molecule has 4 nitrogen and oxygen atoms in total. The highest BCUT2D eigenvalue weighted by Crippen LogP contribution is 2.43. The number of rotatable bonds is 4. The third-order valence-corrected chi connectivity index (χ3v) is 5.27. The Kier molecular flexibility index (Phi) is 5.17. The van der Waals surface area contributed by atoms with Gasteiger partial charge < -0.3 is 9.64 Å². The Morgan fingerprint density at radius 2 is 1.71 bits per heavy atom. The number of hydrogen-bond donors (Lipinski definition) is 0. The van der Waals surface area contributed by atoms with Crippen molar-refractivity contribution in [2.45, 2.75) is 50.4 Å². The summed E-state index contributed by atoms with van der Waals surface area (Å²) >= 11 is 0. The number of carbonyl (C=O) groups is 2. The summed E-state index contributed by atoms with van der Waals surface area (Å²) in [5, 5.41) is 0. The second-order valence-electron chi connectivity index (χ2n) is 6.79. The molecule has 0 bridgehead atoms. The van der Waals surface area contributed by atoms with Gasteiger partial charge in [-0.25, -0.2) is 4.39 Å². The fourth-order valence-corrected chi connectivity index (χ4v) is 3.91. The first-order valence-corrected chi connectivity index (χ1v) is 8.83. The van der Waals surface area contributed by atoms with Crippen LogP contribution < -0.4 is 0 Å². The molecule has 2 fully saturated rings. The topological polar surface area (TPSA) is 46.6 Å². The van der Waals surface area contributed by atoms with Gasteiger partial charge in [0.1, 0.15) is 5.82 Å². The molecule has 1 saturated heterocycles. The van der Waals surface area contributed by atoms with E-state index in [1.165, 1.54) is 6.07 Å². The predicted octanol–water partition coefficient (Wildman–Crippen LogP) is 3.19. The lowest BCUT2D eigenvalue weighted by atomic mass is 9.78. The maximum absolute atomic E-state index is 14.3. The molecule has 1 amide bonds. The zero-order valence-electron chi connectivity index (χ0n) is 13.9. The zero-order valence-corrected chi connectivity index (χ0v) is 13.9. The molecule has 0 atom stereocenters. The van der Waals surface area contributed by atoms with Crippen molar-refractivity contribution < 1.29 is 18.7 Å². The fourth-order valence-electron chi connectivity index (χ4n) is 3.91. The van der Waals surface area contributed by atoms with Crippen LogP contribution in [0.4, 0.5) is 4.39 Å². The van der Waals surface area contributed by atoms with E-state index < -0.39 is 11.4 Å². The van der Waals surface area contributed by atoms with E-state index in [0.29, 0.717) is 18.4 Å². The molecular weight excluding hydrogens is 309 g/mol. The summed E-state index contributed by atoms with van der Waals surface area (Å²) in [6.45, 7) is 1.22. The second kappa shape index (κ2) is 7.32. The molecule has 24 heavy (non-hydrogen) atoms. The van der Waals surface area contributed by atoms with Crippen LogP contribution in [0.2, 0.25) is 0 Å².